The second-order valence-corrected chi connectivity index (χ2v) is 5.76. The summed E-state index contributed by atoms with van der Waals surface area (Å²) in [5, 5.41) is 4.53. The largest absolute Gasteiger partial charge is 0.452 e. The Morgan fingerprint density at radius 1 is 1.26 bits per heavy atom. The van der Waals surface area contributed by atoms with Crippen LogP contribution in [0.5, 0.6) is 0 Å². The van der Waals surface area contributed by atoms with Crippen molar-refractivity contribution < 1.29 is 18.7 Å². The van der Waals surface area contributed by atoms with Crippen LogP contribution < -0.4 is 5.32 Å². The van der Waals surface area contributed by atoms with E-state index < -0.39 is 11.9 Å². The number of benzene rings is 1. The fraction of sp³-hybridized carbons (Fsp3) is 0.176. The van der Waals surface area contributed by atoms with Gasteiger partial charge in [0.2, 0.25) is 0 Å². The zero-order valence-electron chi connectivity index (χ0n) is 12.5. The molecule has 0 aliphatic heterocycles. The molecule has 0 aliphatic carbocycles. The Bertz CT molecular complexity index is 707. The fourth-order valence-corrected chi connectivity index (χ4v) is 2.56. The van der Waals surface area contributed by atoms with E-state index in [0.717, 1.165) is 16.0 Å². The Morgan fingerprint density at radius 2 is 2.00 bits per heavy atom. The van der Waals surface area contributed by atoms with Crippen molar-refractivity contribution in [2.45, 2.75) is 13.5 Å². The number of amides is 1. The van der Waals surface area contributed by atoms with Gasteiger partial charge in [0.25, 0.3) is 5.91 Å². The predicted molar refractivity (Wildman–Crippen MR) is 87.3 cm³/mol. The van der Waals surface area contributed by atoms with E-state index in [0.29, 0.717) is 0 Å². The van der Waals surface area contributed by atoms with Crippen LogP contribution in [0.2, 0.25) is 0 Å². The average Bonchev–Trinajstić information content (AvgIpc) is 2.95. The number of esters is 1. The van der Waals surface area contributed by atoms with Crippen LogP contribution in [-0.2, 0) is 20.9 Å². The van der Waals surface area contributed by atoms with Crippen molar-refractivity contribution in [3.8, 4) is 0 Å². The lowest BCUT2D eigenvalue weighted by Crippen LogP contribution is -2.28. The summed E-state index contributed by atoms with van der Waals surface area (Å²) in [6.07, 6.45) is 2.96. The van der Waals surface area contributed by atoms with E-state index in [1.165, 1.54) is 29.5 Å². The molecule has 0 saturated carbocycles. The Hall–Kier alpha value is -2.47. The summed E-state index contributed by atoms with van der Waals surface area (Å²) in [6, 6.07) is 7.75. The molecular weight excluding hydrogens is 317 g/mol. The van der Waals surface area contributed by atoms with Gasteiger partial charge >= 0.3 is 5.97 Å². The number of nitrogens with one attached hydrogen (secondary N) is 1. The number of thiophene rings is 1. The maximum Gasteiger partial charge on any atom is 0.331 e. The number of carbonyl (C=O) groups is 2. The summed E-state index contributed by atoms with van der Waals surface area (Å²) in [4.78, 5) is 24.1. The van der Waals surface area contributed by atoms with E-state index in [4.69, 9.17) is 4.74 Å². The van der Waals surface area contributed by atoms with E-state index in [-0.39, 0.29) is 19.0 Å². The third kappa shape index (κ3) is 5.67. The summed E-state index contributed by atoms with van der Waals surface area (Å²) in [5.41, 5.74) is 1.84. The van der Waals surface area contributed by atoms with E-state index in [2.05, 4.69) is 5.32 Å². The van der Waals surface area contributed by atoms with E-state index in [1.54, 1.807) is 18.2 Å². The molecule has 0 aliphatic rings. The lowest BCUT2D eigenvalue weighted by Gasteiger charge is -2.05. The highest BCUT2D eigenvalue weighted by Crippen LogP contribution is 2.16. The summed E-state index contributed by atoms with van der Waals surface area (Å²) in [6.45, 7) is 1.85. The summed E-state index contributed by atoms with van der Waals surface area (Å²) in [5.74, 6) is -1.32. The van der Waals surface area contributed by atoms with Crippen molar-refractivity contribution in [3.05, 3.63) is 63.6 Å². The number of ether oxygens (including phenoxy) is 1. The summed E-state index contributed by atoms with van der Waals surface area (Å²) in [7, 11) is 0. The van der Waals surface area contributed by atoms with Gasteiger partial charge in [-0.3, -0.25) is 4.79 Å². The molecule has 2 rings (SSSR count). The van der Waals surface area contributed by atoms with Gasteiger partial charge in [-0.05, 0) is 47.7 Å². The third-order valence-electron chi connectivity index (χ3n) is 3.02. The molecular formula is C17H16FNO3S. The van der Waals surface area contributed by atoms with Gasteiger partial charge in [0, 0.05) is 17.5 Å². The number of hydrogen-bond acceptors (Lipinski definition) is 4. The molecule has 6 heteroatoms. The Labute approximate surface area is 137 Å². The lowest BCUT2D eigenvalue weighted by atomic mass is 10.2. The molecule has 0 bridgehead atoms. The second kappa shape index (κ2) is 8.24. The molecule has 1 aromatic heterocycles. The van der Waals surface area contributed by atoms with Crippen LogP contribution >= 0.6 is 11.3 Å². The molecule has 0 unspecified atom stereocenters. The van der Waals surface area contributed by atoms with Crippen molar-refractivity contribution in [1.82, 2.24) is 5.32 Å². The topological polar surface area (TPSA) is 55.4 Å². The first-order chi connectivity index (χ1) is 11.0. The molecule has 1 amide bonds. The predicted octanol–water partition coefficient (Wildman–Crippen LogP) is 3.07. The quantitative estimate of drug-likeness (QED) is 0.653. The van der Waals surface area contributed by atoms with Crippen molar-refractivity contribution in [2.24, 2.45) is 0 Å². The third-order valence-corrected chi connectivity index (χ3v) is 4.01. The van der Waals surface area contributed by atoms with Crippen LogP contribution in [-0.4, -0.2) is 18.5 Å². The van der Waals surface area contributed by atoms with Crippen LogP contribution in [0, 0.1) is 12.7 Å². The monoisotopic (exact) mass is 333 g/mol. The summed E-state index contributed by atoms with van der Waals surface area (Å²) < 4.78 is 17.6. The number of rotatable bonds is 6. The SMILES string of the molecule is Cc1ccsc1/C=C/C(=O)OCC(=O)NCc1ccc(F)cc1. The number of hydrogen-bond donors (Lipinski definition) is 1. The van der Waals surface area contributed by atoms with E-state index >= 15 is 0 Å². The molecule has 0 spiro atoms. The van der Waals surface area contributed by atoms with Gasteiger partial charge in [-0.2, -0.15) is 0 Å². The highest BCUT2D eigenvalue weighted by molar-refractivity contribution is 7.11. The summed E-state index contributed by atoms with van der Waals surface area (Å²) >= 11 is 1.52. The van der Waals surface area contributed by atoms with Gasteiger partial charge in [0.05, 0.1) is 0 Å². The van der Waals surface area contributed by atoms with Crippen molar-refractivity contribution >= 4 is 29.3 Å². The van der Waals surface area contributed by atoms with Crippen molar-refractivity contribution in [1.29, 1.82) is 0 Å². The smallest absolute Gasteiger partial charge is 0.331 e. The molecule has 0 radical (unpaired) electrons. The zero-order valence-corrected chi connectivity index (χ0v) is 13.4. The van der Waals surface area contributed by atoms with Crippen LogP contribution in [0.1, 0.15) is 16.0 Å². The maximum absolute atomic E-state index is 12.7. The van der Waals surface area contributed by atoms with Gasteiger partial charge in [0.15, 0.2) is 6.61 Å². The van der Waals surface area contributed by atoms with E-state index in [1.807, 2.05) is 18.4 Å². The Balaban J connectivity index is 1.71. The van der Waals surface area contributed by atoms with Crippen LogP contribution in [0.4, 0.5) is 4.39 Å². The Morgan fingerprint density at radius 3 is 2.65 bits per heavy atom. The zero-order chi connectivity index (χ0) is 16.7. The molecule has 1 heterocycles. The minimum Gasteiger partial charge on any atom is -0.452 e. The molecule has 0 saturated heterocycles. The Kier molecular flexibility index (Phi) is 6.05. The number of aryl methyl sites for hydroxylation is 1. The first-order valence-corrected chi connectivity index (χ1v) is 7.82. The lowest BCUT2D eigenvalue weighted by molar-refractivity contribution is -0.143. The highest BCUT2D eigenvalue weighted by Gasteiger charge is 2.05. The molecule has 23 heavy (non-hydrogen) atoms. The molecule has 4 nitrogen and oxygen atoms in total. The normalized spacial score (nSPS) is 10.7. The van der Waals surface area contributed by atoms with Crippen LogP contribution in [0.3, 0.4) is 0 Å². The second-order valence-electron chi connectivity index (χ2n) is 4.81. The molecule has 1 aromatic carbocycles. The van der Waals surface area contributed by atoms with Gasteiger partial charge in [-0.25, -0.2) is 9.18 Å². The minimum absolute atomic E-state index is 0.251. The number of carbonyl (C=O) groups excluding carboxylic acids is 2. The van der Waals surface area contributed by atoms with Crippen molar-refractivity contribution in [2.75, 3.05) is 6.61 Å². The van der Waals surface area contributed by atoms with Gasteiger partial charge in [0.1, 0.15) is 5.82 Å². The molecule has 120 valence electrons. The van der Waals surface area contributed by atoms with E-state index in [9.17, 15) is 14.0 Å². The van der Waals surface area contributed by atoms with Gasteiger partial charge < -0.3 is 10.1 Å². The molecule has 0 fully saturated rings. The number of halogens is 1. The van der Waals surface area contributed by atoms with Gasteiger partial charge in [-0.15, -0.1) is 11.3 Å². The van der Waals surface area contributed by atoms with Gasteiger partial charge in [-0.1, -0.05) is 12.1 Å². The van der Waals surface area contributed by atoms with Crippen LogP contribution in [0.15, 0.2) is 41.8 Å². The fourth-order valence-electron chi connectivity index (χ4n) is 1.74. The molecule has 2 aromatic rings. The first kappa shape index (κ1) is 16.9. The van der Waals surface area contributed by atoms with Crippen molar-refractivity contribution in [3.63, 3.8) is 0 Å². The first-order valence-electron chi connectivity index (χ1n) is 6.94. The minimum atomic E-state index is -0.574. The maximum atomic E-state index is 12.7. The highest BCUT2D eigenvalue weighted by atomic mass is 32.1. The van der Waals surface area contributed by atoms with Crippen LogP contribution in [0.25, 0.3) is 6.08 Å². The molecule has 1 N–H and O–H groups in total. The standard InChI is InChI=1S/C17H16FNO3S/c1-12-8-9-23-15(12)6-7-17(21)22-11-16(20)19-10-13-2-4-14(18)5-3-13/h2-9H,10-11H2,1H3,(H,19,20)/b7-6+. The molecule has 0 atom stereocenters. The average molecular weight is 333 g/mol.